The molecule has 1 saturated carbocycles. The highest BCUT2D eigenvalue weighted by Gasteiger charge is 2.15. The molecular weight excluding hydrogens is 308 g/mol. The van der Waals surface area contributed by atoms with Crippen molar-refractivity contribution in [1.29, 1.82) is 0 Å². The van der Waals surface area contributed by atoms with E-state index in [0.29, 0.717) is 22.5 Å². The maximum Gasteiger partial charge on any atom is 0.336 e. The molecule has 0 saturated heterocycles. The first-order valence-electron chi connectivity index (χ1n) is 8.03. The minimum Gasteiger partial charge on any atom is -0.422 e. The number of hydrogen-bond acceptors (Lipinski definition) is 4. The molecule has 122 valence electrons. The minimum atomic E-state index is -0.312. The molecule has 1 heterocycles. The number of benzene rings is 1. The van der Waals surface area contributed by atoms with Gasteiger partial charge in [0.05, 0.1) is 6.04 Å². The molecule has 0 aliphatic heterocycles. The third-order valence-corrected chi connectivity index (χ3v) is 5.38. The van der Waals surface area contributed by atoms with Crippen molar-refractivity contribution in [2.45, 2.75) is 51.3 Å². The number of fused-ring (bicyclic) bond motifs is 1. The van der Waals surface area contributed by atoms with Crippen LogP contribution in [0.3, 0.4) is 0 Å². The number of aliphatic imine (C=N–C) groups is 1. The molecule has 0 unspecified atom stereocenters. The first kappa shape index (κ1) is 16.1. The molecule has 2 N–H and O–H groups in total. The van der Waals surface area contributed by atoms with Crippen LogP contribution in [0.2, 0.25) is 0 Å². The van der Waals surface area contributed by atoms with Gasteiger partial charge in [0.2, 0.25) is 0 Å². The van der Waals surface area contributed by atoms with Crippen LogP contribution in [-0.4, -0.2) is 11.2 Å². The number of thioether (sulfide) groups is 1. The summed E-state index contributed by atoms with van der Waals surface area (Å²) in [7, 11) is 0. The highest BCUT2D eigenvalue weighted by Crippen LogP contribution is 2.26. The van der Waals surface area contributed by atoms with E-state index >= 15 is 0 Å². The standard InChI is InChI=1S/C18H22N2O2S/c1-11-7-8-15-13(9-16(21)22-17(15)12(11)2)10-23-18(19)20-14-5-3-4-6-14/h7-9,14H,3-6,10H2,1-2H3,(H2,19,20). The second-order valence-corrected chi connectivity index (χ2v) is 7.16. The average Bonchev–Trinajstić information content (AvgIpc) is 3.02. The predicted octanol–water partition coefficient (Wildman–Crippen LogP) is 3.90. The Morgan fingerprint density at radius 1 is 1.35 bits per heavy atom. The molecule has 3 rings (SSSR count). The van der Waals surface area contributed by atoms with Crippen LogP contribution in [0.4, 0.5) is 0 Å². The predicted molar refractivity (Wildman–Crippen MR) is 97.1 cm³/mol. The van der Waals surface area contributed by atoms with Crippen molar-refractivity contribution in [3.8, 4) is 0 Å². The highest BCUT2D eigenvalue weighted by atomic mass is 32.2. The van der Waals surface area contributed by atoms with Crippen molar-refractivity contribution in [3.63, 3.8) is 0 Å². The Hall–Kier alpha value is -1.75. The third kappa shape index (κ3) is 3.61. The van der Waals surface area contributed by atoms with Crippen LogP contribution in [0.15, 0.2) is 32.4 Å². The third-order valence-electron chi connectivity index (χ3n) is 4.53. The SMILES string of the molecule is Cc1ccc2c(CSC(N)=NC3CCCC3)cc(=O)oc2c1C. The summed E-state index contributed by atoms with van der Waals surface area (Å²) in [5, 5.41) is 1.59. The van der Waals surface area contributed by atoms with E-state index in [4.69, 9.17) is 10.2 Å². The van der Waals surface area contributed by atoms with Gasteiger partial charge in [0.25, 0.3) is 0 Å². The Balaban J connectivity index is 1.85. The fourth-order valence-electron chi connectivity index (χ4n) is 3.05. The number of rotatable bonds is 3. The summed E-state index contributed by atoms with van der Waals surface area (Å²) in [6.45, 7) is 4.00. The van der Waals surface area contributed by atoms with Gasteiger partial charge in [0, 0.05) is 17.2 Å². The van der Waals surface area contributed by atoms with Crippen molar-refractivity contribution >= 4 is 27.9 Å². The zero-order chi connectivity index (χ0) is 16.4. The molecule has 0 amide bonds. The van der Waals surface area contributed by atoms with E-state index in [1.165, 1.54) is 24.6 Å². The zero-order valence-corrected chi connectivity index (χ0v) is 14.4. The molecule has 4 nitrogen and oxygen atoms in total. The summed E-state index contributed by atoms with van der Waals surface area (Å²) in [5.41, 5.74) is 9.50. The van der Waals surface area contributed by atoms with Gasteiger partial charge < -0.3 is 10.2 Å². The second kappa shape index (κ2) is 6.79. The van der Waals surface area contributed by atoms with E-state index < -0.39 is 0 Å². The lowest BCUT2D eigenvalue weighted by Gasteiger charge is -2.09. The van der Waals surface area contributed by atoms with Crippen LogP contribution in [0, 0.1) is 13.8 Å². The summed E-state index contributed by atoms with van der Waals surface area (Å²) in [6.07, 6.45) is 4.76. The fourth-order valence-corrected chi connectivity index (χ4v) is 3.81. The first-order valence-corrected chi connectivity index (χ1v) is 9.02. The summed E-state index contributed by atoms with van der Waals surface area (Å²) >= 11 is 1.50. The van der Waals surface area contributed by atoms with E-state index in [1.54, 1.807) is 6.07 Å². The highest BCUT2D eigenvalue weighted by molar-refractivity contribution is 8.13. The van der Waals surface area contributed by atoms with Crippen molar-refractivity contribution in [1.82, 2.24) is 0 Å². The number of nitrogens with two attached hydrogens (primary N) is 1. The number of hydrogen-bond donors (Lipinski definition) is 1. The van der Waals surface area contributed by atoms with Gasteiger partial charge in [0.15, 0.2) is 5.17 Å². The zero-order valence-electron chi connectivity index (χ0n) is 13.6. The molecule has 1 aromatic carbocycles. The molecule has 2 aromatic rings. The Morgan fingerprint density at radius 2 is 2.09 bits per heavy atom. The molecule has 1 aliphatic rings. The number of aryl methyl sites for hydroxylation is 2. The second-order valence-electron chi connectivity index (χ2n) is 6.17. The van der Waals surface area contributed by atoms with E-state index in [-0.39, 0.29) is 5.63 Å². The van der Waals surface area contributed by atoms with E-state index in [0.717, 1.165) is 34.9 Å². The molecule has 1 fully saturated rings. The van der Waals surface area contributed by atoms with Gasteiger partial charge in [0.1, 0.15) is 5.58 Å². The van der Waals surface area contributed by atoms with Gasteiger partial charge in [-0.2, -0.15) is 0 Å². The molecule has 1 aliphatic carbocycles. The lowest BCUT2D eigenvalue weighted by molar-refractivity contribution is 0.557. The van der Waals surface area contributed by atoms with Gasteiger partial charge in [-0.3, -0.25) is 4.99 Å². The largest absolute Gasteiger partial charge is 0.422 e. The van der Waals surface area contributed by atoms with Gasteiger partial charge >= 0.3 is 5.63 Å². The molecule has 0 spiro atoms. The molecule has 0 radical (unpaired) electrons. The lowest BCUT2D eigenvalue weighted by Crippen LogP contribution is -2.12. The van der Waals surface area contributed by atoms with Gasteiger partial charge in [-0.15, -0.1) is 0 Å². The van der Waals surface area contributed by atoms with Crippen LogP contribution in [-0.2, 0) is 5.75 Å². The number of amidine groups is 1. The van der Waals surface area contributed by atoms with Crippen LogP contribution in [0.1, 0.15) is 42.4 Å². The summed E-state index contributed by atoms with van der Waals surface area (Å²) in [5.74, 6) is 0.632. The van der Waals surface area contributed by atoms with Crippen molar-refractivity contribution in [3.05, 3.63) is 45.3 Å². The van der Waals surface area contributed by atoms with Crippen LogP contribution >= 0.6 is 11.8 Å². The van der Waals surface area contributed by atoms with E-state index in [2.05, 4.69) is 11.1 Å². The molecule has 1 aromatic heterocycles. The maximum atomic E-state index is 11.9. The van der Waals surface area contributed by atoms with Crippen molar-refractivity contribution in [2.24, 2.45) is 10.7 Å². The van der Waals surface area contributed by atoms with Crippen LogP contribution in [0.25, 0.3) is 11.0 Å². The van der Waals surface area contributed by atoms with Crippen molar-refractivity contribution < 1.29 is 4.42 Å². The van der Waals surface area contributed by atoms with E-state index in [9.17, 15) is 4.79 Å². The Kier molecular flexibility index (Phi) is 4.76. The summed E-state index contributed by atoms with van der Waals surface area (Å²) in [6, 6.07) is 6.01. The molecule has 5 heteroatoms. The normalized spacial score (nSPS) is 16.3. The summed E-state index contributed by atoms with van der Waals surface area (Å²) in [4.78, 5) is 16.4. The van der Waals surface area contributed by atoms with Crippen LogP contribution in [0.5, 0.6) is 0 Å². The minimum absolute atomic E-state index is 0.312. The van der Waals surface area contributed by atoms with Gasteiger partial charge in [-0.05, 0) is 43.4 Å². The Bertz CT molecular complexity index is 805. The van der Waals surface area contributed by atoms with Gasteiger partial charge in [-0.25, -0.2) is 4.79 Å². The smallest absolute Gasteiger partial charge is 0.336 e. The van der Waals surface area contributed by atoms with E-state index in [1.807, 2.05) is 19.9 Å². The first-order chi connectivity index (χ1) is 11.0. The maximum absolute atomic E-state index is 11.9. The van der Waals surface area contributed by atoms with Crippen LogP contribution < -0.4 is 11.4 Å². The monoisotopic (exact) mass is 330 g/mol. The van der Waals surface area contributed by atoms with Crippen molar-refractivity contribution in [2.75, 3.05) is 0 Å². The average molecular weight is 330 g/mol. The Morgan fingerprint density at radius 3 is 2.83 bits per heavy atom. The molecule has 0 bridgehead atoms. The van der Waals surface area contributed by atoms with Gasteiger partial charge in [-0.1, -0.05) is 36.7 Å². The topological polar surface area (TPSA) is 68.6 Å². The quantitative estimate of drug-likeness (QED) is 0.526. The number of nitrogens with zero attached hydrogens (tertiary/aromatic N) is 1. The fraction of sp³-hybridized carbons (Fsp3) is 0.444. The lowest BCUT2D eigenvalue weighted by atomic mass is 10.0. The Labute approximate surface area is 140 Å². The summed E-state index contributed by atoms with van der Waals surface area (Å²) < 4.78 is 5.40. The molecular formula is C18H22N2O2S. The molecule has 0 atom stereocenters. The molecule has 23 heavy (non-hydrogen) atoms.